The Labute approximate surface area is 75.6 Å². The van der Waals surface area contributed by atoms with Crippen LogP contribution in [0.15, 0.2) is 0 Å². The Morgan fingerprint density at radius 2 is 1.67 bits per heavy atom. The smallest absolute Gasteiger partial charge is 0.0620 e. The van der Waals surface area contributed by atoms with E-state index in [0.717, 1.165) is 12.8 Å². The molecule has 1 unspecified atom stereocenters. The zero-order valence-electron chi connectivity index (χ0n) is 8.34. The quantitative estimate of drug-likeness (QED) is 0.580. The Hall–Kier alpha value is -0.0800. The van der Waals surface area contributed by atoms with E-state index in [1.165, 1.54) is 12.8 Å². The van der Waals surface area contributed by atoms with E-state index in [1.807, 2.05) is 6.92 Å². The number of aliphatic hydroxyl groups excluding tert-OH is 1. The van der Waals surface area contributed by atoms with Gasteiger partial charge in [0.2, 0.25) is 0 Å². The van der Waals surface area contributed by atoms with E-state index in [2.05, 4.69) is 6.92 Å². The third-order valence-corrected chi connectivity index (χ3v) is 2.19. The molecule has 0 aliphatic carbocycles. The minimum absolute atomic E-state index is 0.184. The highest BCUT2D eigenvalue weighted by Gasteiger charge is 2.18. The average molecular weight is 174 g/mol. The van der Waals surface area contributed by atoms with Crippen molar-refractivity contribution in [2.45, 2.75) is 58.0 Å². The molecule has 2 nitrogen and oxygen atoms in total. The Bertz CT molecular complexity index is 100. The molecule has 1 atom stereocenters. The van der Waals surface area contributed by atoms with E-state index < -0.39 is 5.60 Å². The molecule has 0 amide bonds. The van der Waals surface area contributed by atoms with Crippen LogP contribution in [-0.2, 0) is 0 Å². The lowest BCUT2D eigenvalue weighted by atomic mass is 9.93. The summed E-state index contributed by atoms with van der Waals surface area (Å²) in [5.41, 5.74) is -0.558. The number of hydrogen-bond acceptors (Lipinski definition) is 2. The SMILES string of the molecule is CCCCCC(C)(O)CCCO. The van der Waals surface area contributed by atoms with Gasteiger partial charge in [-0.15, -0.1) is 0 Å². The topological polar surface area (TPSA) is 40.5 Å². The third-order valence-electron chi connectivity index (χ3n) is 2.19. The highest BCUT2D eigenvalue weighted by atomic mass is 16.3. The van der Waals surface area contributed by atoms with Crippen LogP contribution in [0.1, 0.15) is 52.4 Å². The Morgan fingerprint density at radius 3 is 2.17 bits per heavy atom. The number of hydrogen-bond donors (Lipinski definition) is 2. The molecule has 0 saturated carbocycles. The van der Waals surface area contributed by atoms with Gasteiger partial charge < -0.3 is 10.2 Å². The fourth-order valence-corrected chi connectivity index (χ4v) is 1.34. The molecule has 0 spiro atoms. The van der Waals surface area contributed by atoms with Crippen molar-refractivity contribution >= 4 is 0 Å². The van der Waals surface area contributed by atoms with E-state index in [4.69, 9.17) is 5.11 Å². The number of aliphatic hydroxyl groups is 2. The molecule has 0 radical (unpaired) electrons. The van der Waals surface area contributed by atoms with Gasteiger partial charge in [0.15, 0.2) is 0 Å². The Kier molecular flexibility index (Phi) is 6.39. The van der Waals surface area contributed by atoms with Crippen LogP contribution in [0.2, 0.25) is 0 Å². The second kappa shape index (κ2) is 6.44. The predicted octanol–water partition coefficient (Wildman–Crippen LogP) is 2.09. The van der Waals surface area contributed by atoms with Crippen LogP contribution in [0.25, 0.3) is 0 Å². The lowest BCUT2D eigenvalue weighted by molar-refractivity contribution is 0.0327. The normalized spacial score (nSPS) is 16.0. The maximum absolute atomic E-state index is 9.76. The fraction of sp³-hybridized carbons (Fsp3) is 1.00. The average Bonchev–Trinajstić information content (AvgIpc) is 2.01. The maximum Gasteiger partial charge on any atom is 0.0620 e. The second-order valence-electron chi connectivity index (χ2n) is 3.78. The molecule has 0 heterocycles. The molecule has 74 valence electrons. The van der Waals surface area contributed by atoms with Gasteiger partial charge in [-0.25, -0.2) is 0 Å². The van der Waals surface area contributed by atoms with Crippen LogP contribution < -0.4 is 0 Å². The minimum atomic E-state index is -0.558. The Morgan fingerprint density at radius 1 is 1.08 bits per heavy atom. The van der Waals surface area contributed by atoms with Gasteiger partial charge >= 0.3 is 0 Å². The van der Waals surface area contributed by atoms with Gasteiger partial charge in [-0.1, -0.05) is 26.2 Å². The summed E-state index contributed by atoms with van der Waals surface area (Å²) in [4.78, 5) is 0. The summed E-state index contributed by atoms with van der Waals surface area (Å²) >= 11 is 0. The van der Waals surface area contributed by atoms with Gasteiger partial charge in [0.05, 0.1) is 5.60 Å². The molecule has 0 aromatic carbocycles. The van der Waals surface area contributed by atoms with Gasteiger partial charge in [-0.2, -0.15) is 0 Å². The van der Waals surface area contributed by atoms with Crippen molar-refractivity contribution in [2.75, 3.05) is 6.61 Å². The summed E-state index contributed by atoms with van der Waals surface area (Å²) in [6.07, 6.45) is 5.76. The minimum Gasteiger partial charge on any atom is -0.396 e. The Balaban J connectivity index is 3.42. The first-order valence-electron chi connectivity index (χ1n) is 4.95. The van der Waals surface area contributed by atoms with Crippen LogP contribution in [0.4, 0.5) is 0 Å². The molecule has 0 fully saturated rings. The summed E-state index contributed by atoms with van der Waals surface area (Å²) < 4.78 is 0. The third kappa shape index (κ3) is 6.62. The molecule has 0 rings (SSSR count). The largest absolute Gasteiger partial charge is 0.396 e. The van der Waals surface area contributed by atoms with Crippen molar-refractivity contribution in [1.29, 1.82) is 0 Å². The van der Waals surface area contributed by atoms with E-state index in [9.17, 15) is 5.11 Å². The van der Waals surface area contributed by atoms with Gasteiger partial charge in [0, 0.05) is 6.61 Å². The summed E-state index contributed by atoms with van der Waals surface area (Å²) in [5.74, 6) is 0. The van der Waals surface area contributed by atoms with E-state index >= 15 is 0 Å². The summed E-state index contributed by atoms with van der Waals surface area (Å²) in [7, 11) is 0. The molecule has 2 N–H and O–H groups in total. The number of rotatable bonds is 7. The molecule has 0 aliphatic heterocycles. The zero-order valence-corrected chi connectivity index (χ0v) is 8.34. The molecule has 0 saturated heterocycles. The molecular formula is C10H22O2. The number of unbranched alkanes of at least 4 members (excludes halogenated alkanes) is 2. The first-order chi connectivity index (χ1) is 5.62. The lowest BCUT2D eigenvalue weighted by Crippen LogP contribution is -2.24. The first kappa shape index (κ1) is 11.9. The lowest BCUT2D eigenvalue weighted by Gasteiger charge is -2.22. The van der Waals surface area contributed by atoms with Crippen molar-refractivity contribution in [3.8, 4) is 0 Å². The van der Waals surface area contributed by atoms with Crippen molar-refractivity contribution in [1.82, 2.24) is 0 Å². The van der Waals surface area contributed by atoms with Gasteiger partial charge in [-0.3, -0.25) is 0 Å². The molecule has 0 aromatic heterocycles. The van der Waals surface area contributed by atoms with Gasteiger partial charge in [0.1, 0.15) is 0 Å². The van der Waals surface area contributed by atoms with Crippen molar-refractivity contribution in [2.24, 2.45) is 0 Å². The van der Waals surface area contributed by atoms with Gasteiger partial charge in [0.25, 0.3) is 0 Å². The second-order valence-corrected chi connectivity index (χ2v) is 3.78. The highest BCUT2D eigenvalue weighted by molar-refractivity contribution is 4.71. The monoisotopic (exact) mass is 174 g/mol. The predicted molar refractivity (Wildman–Crippen MR) is 51.1 cm³/mol. The van der Waals surface area contributed by atoms with Crippen LogP contribution in [0, 0.1) is 0 Å². The molecule has 0 aromatic rings. The van der Waals surface area contributed by atoms with Crippen LogP contribution >= 0.6 is 0 Å². The van der Waals surface area contributed by atoms with Crippen LogP contribution in [0.3, 0.4) is 0 Å². The standard InChI is InChI=1S/C10H22O2/c1-3-4-5-7-10(2,12)8-6-9-11/h11-12H,3-9H2,1-2H3. The maximum atomic E-state index is 9.76. The van der Waals surface area contributed by atoms with Crippen molar-refractivity contribution in [3.63, 3.8) is 0 Å². The molecule has 0 aliphatic rings. The fourth-order valence-electron chi connectivity index (χ4n) is 1.34. The van der Waals surface area contributed by atoms with Crippen LogP contribution in [0.5, 0.6) is 0 Å². The van der Waals surface area contributed by atoms with E-state index in [-0.39, 0.29) is 6.61 Å². The first-order valence-corrected chi connectivity index (χ1v) is 4.95. The molecule has 2 heteroatoms. The van der Waals surface area contributed by atoms with Crippen LogP contribution in [-0.4, -0.2) is 22.4 Å². The highest BCUT2D eigenvalue weighted by Crippen LogP contribution is 2.19. The van der Waals surface area contributed by atoms with E-state index in [1.54, 1.807) is 0 Å². The molecule has 0 bridgehead atoms. The van der Waals surface area contributed by atoms with Crippen molar-refractivity contribution in [3.05, 3.63) is 0 Å². The van der Waals surface area contributed by atoms with Crippen molar-refractivity contribution < 1.29 is 10.2 Å². The molecule has 12 heavy (non-hydrogen) atoms. The summed E-state index contributed by atoms with van der Waals surface area (Å²) in [6, 6.07) is 0. The van der Waals surface area contributed by atoms with Gasteiger partial charge in [-0.05, 0) is 26.2 Å². The zero-order chi connectivity index (χ0) is 9.45. The molecular weight excluding hydrogens is 152 g/mol. The summed E-state index contributed by atoms with van der Waals surface area (Å²) in [6.45, 7) is 4.20. The summed E-state index contributed by atoms with van der Waals surface area (Å²) in [5, 5.41) is 18.4. The van der Waals surface area contributed by atoms with E-state index in [0.29, 0.717) is 12.8 Å².